The molecule has 3 nitrogen and oxygen atoms in total. The molecule has 11 heavy (non-hydrogen) atoms. The Bertz CT molecular complexity index is 229. The molecule has 0 bridgehead atoms. The van der Waals surface area contributed by atoms with Gasteiger partial charge >= 0.3 is 0 Å². The summed E-state index contributed by atoms with van der Waals surface area (Å²) in [6, 6.07) is 0. The fourth-order valence-corrected chi connectivity index (χ4v) is 4.21. The van der Waals surface area contributed by atoms with Crippen LogP contribution in [0.3, 0.4) is 0 Å². The standard InChI is InChI=1S/C6H11NO2S.ClH/c8-10(9)4-6(5-10)1-2-7-3-6;/h7H,1-5H2;1H. The predicted octanol–water partition coefficient (Wildman–Crippen LogP) is -0.184. The fourth-order valence-electron chi connectivity index (χ4n) is 1.93. The molecule has 0 aromatic rings. The molecule has 0 aliphatic carbocycles. The van der Waals surface area contributed by atoms with Crippen molar-refractivity contribution in [2.45, 2.75) is 6.42 Å². The zero-order chi connectivity index (χ0) is 7.24. The smallest absolute Gasteiger partial charge is 0.151 e. The van der Waals surface area contributed by atoms with Gasteiger partial charge in [0, 0.05) is 12.0 Å². The van der Waals surface area contributed by atoms with Crippen molar-refractivity contribution >= 4 is 22.2 Å². The first-order valence-electron chi connectivity index (χ1n) is 3.53. The summed E-state index contributed by atoms with van der Waals surface area (Å²) in [5.74, 6) is 0.847. The van der Waals surface area contributed by atoms with Crippen LogP contribution in [-0.4, -0.2) is 33.0 Å². The van der Waals surface area contributed by atoms with E-state index in [1.807, 2.05) is 0 Å². The topological polar surface area (TPSA) is 46.2 Å². The Morgan fingerprint density at radius 2 is 1.91 bits per heavy atom. The third kappa shape index (κ3) is 1.53. The molecule has 2 fully saturated rings. The lowest BCUT2D eigenvalue weighted by atomic mass is 9.91. The van der Waals surface area contributed by atoms with Gasteiger partial charge in [-0.15, -0.1) is 12.4 Å². The Hall–Kier alpha value is 0.200. The van der Waals surface area contributed by atoms with Crippen molar-refractivity contribution in [3.05, 3.63) is 0 Å². The molecule has 1 N–H and O–H groups in total. The summed E-state index contributed by atoms with van der Waals surface area (Å²) >= 11 is 0. The van der Waals surface area contributed by atoms with Crippen molar-refractivity contribution in [2.75, 3.05) is 24.6 Å². The highest BCUT2D eigenvalue weighted by atomic mass is 35.5. The minimum Gasteiger partial charge on any atom is -0.316 e. The molecule has 1 spiro atoms. The quantitative estimate of drug-likeness (QED) is 0.586. The minimum absolute atomic E-state index is 0. The van der Waals surface area contributed by atoms with Crippen LogP contribution in [0.5, 0.6) is 0 Å². The molecule has 0 unspecified atom stereocenters. The zero-order valence-electron chi connectivity index (χ0n) is 6.17. The third-order valence-electron chi connectivity index (χ3n) is 2.38. The molecule has 0 radical (unpaired) electrons. The first-order valence-corrected chi connectivity index (χ1v) is 5.35. The highest BCUT2D eigenvalue weighted by Gasteiger charge is 2.49. The van der Waals surface area contributed by atoms with Crippen molar-refractivity contribution in [3.63, 3.8) is 0 Å². The number of hydrogen-bond donors (Lipinski definition) is 1. The summed E-state index contributed by atoms with van der Waals surface area (Å²) in [5.41, 5.74) is 0.152. The maximum Gasteiger partial charge on any atom is 0.151 e. The molecule has 0 amide bonds. The van der Waals surface area contributed by atoms with E-state index in [1.54, 1.807) is 0 Å². The lowest BCUT2D eigenvalue weighted by Gasteiger charge is -2.36. The number of nitrogens with one attached hydrogen (secondary N) is 1. The lowest BCUT2D eigenvalue weighted by Crippen LogP contribution is -2.49. The van der Waals surface area contributed by atoms with Crippen LogP contribution in [-0.2, 0) is 9.84 Å². The molecular formula is C6H12ClNO2S. The molecular weight excluding hydrogens is 186 g/mol. The molecule has 0 saturated carbocycles. The van der Waals surface area contributed by atoms with Gasteiger partial charge in [0.1, 0.15) is 0 Å². The van der Waals surface area contributed by atoms with Crippen LogP contribution in [0.4, 0.5) is 0 Å². The van der Waals surface area contributed by atoms with E-state index in [2.05, 4.69) is 5.32 Å². The summed E-state index contributed by atoms with van der Waals surface area (Å²) < 4.78 is 21.6. The number of hydrogen-bond acceptors (Lipinski definition) is 3. The van der Waals surface area contributed by atoms with Gasteiger partial charge in [-0.3, -0.25) is 0 Å². The summed E-state index contributed by atoms with van der Waals surface area (Å²) in [6.07, 6.45) is 1.05. The zero-order valence-corrected chi connectivity index (χ0v) is 7.80. The van der Waals surface area contributed by atoms with Gasteiger partial charge < -0.3 is 5.32 Å². The van der Waals surface area contributed by atoms with Crippen molar-refractivity contribution in [2.24, 2.45) is 5.41 Å². The molecule has 0 aromatic carbocycles. The van der Waals surface area contributed by atoms with Crippen LogP contribution in [0.1, 0.15) is 6.42 Å². The van der Waals surface area contributed by atoms with Gasteiger partial charge in [0.05, 0.1) is 11.5 Å². The highest BCUT2D eigenvalue weighted by molar-refractivity contribution is 7.92. The maximum atomic E-state index is 10.8. The predicted molar refractivity (Wildman–Crippen MR) is 45.8 cm³/mol. The molecule has 2 saturated heterocycles. The third-order valence-corrected chi connectivity index (χ3v) is 4.49. The van der Waals surface area contributed by atoms with Crippen molar-refractivity contribution in [1.82, 2.24) is 5.32 Å². The molecule has 0 atom stereocenters. The molecule has 2 aliphatic heterocycles. The van der Waals surface area contributed by atoms with E-state index in [4.69, 9.17) is 0 Å². The maximum absolute atomic E-state index is 10.8. The Morgan fingerprint density at radius 1 is 1.27 bits per heavy atom. The summed E-state index contributed by atoms with van der Waals surface area (Å²) in [5, 5.41) is 3.19. The average molecular weight is 198 g/mol. The van der Waals surface area contributed by atoms with E-state index < -0.39 is 9.84 Å². The van der Waals surface area contributed by atoms with Crippen molar-refractivity contribution in [1.29, 1.82) is 0 Å². The second kappa shape index (κ2) is 2.61. The Morgan fingerprint density at radius 3 is 2.27 bits per heavy atom. The first-order chi connectivity index (χ1) is 4.62. The van der Waals surface area contributed by atoms with Gasteiger partial charge in [0.2, 0.25) is 0 Å². The monoisotopic (exact) mass is 197 g/mol. The van der Waals surface area contributed by atoms with E-state index in [-0.39, 0.29) is 17.8 Å². The summed E-state index contributed by atoms with van der Waals surface area (Å²) in [4.78, 5) is 0. The van der Waals surface area contributed by atoms with Crippen LogP contribution in [0.25, 0.3) is 0 Å². The number of sulfone groups is 1. The van der Waals surface area contributed by atoms with E-state index in [0.717, 1.165) is 19.5 Å². The van der Waals surface area contributed by atoms with E-state index in [0.29, 0.717) is 11.5 Å². The van der Waals surface area contributed by atoms with Crippen molar-refractivity contribution in [3.8, 4) is 0 Å². The van der Waals surface area contributed by atoms with E-state index in [1.165, 1.54) is 0 Å². The van der Waals surface area contributed by atoms with Gasteiger partial charge in [-0.1, -0.05) is 0 Å². The van der Waals surface area contributed by atoms with E-state index >= 15 is 0 Å². The lowest BCUT2D eigenvalue weighted by molar-refractivity contribution is 0.370. The largest absolute Gasteiger partial charge is 0.316 e. The van der Waals surface area contributed by atoms with Crippen molar-refractivity contribution < 1.29 is 8.42 Å². The van der Waals surface area contributed by atoms with Gasteiger partial charge in [-0.05, 0) is 13.0 Å². The van der Waals surface area contributed by atoms with Gasteiger partial charge in [-0.25, -0.2) is 8.42 Å². The average Bonchev–Trinajstić information content (AvgIpc) is 2.10. The van der Waals surface area contributed by atoms with Crippen LogP contribution >= 0.6 is 12.4 Å². The Kier molecular flexibility index (Phi) is 2.20. The summed E-state index contributed by atoms with van der Waals surface area (Å²) in [6.45, 7) is 1.90. The van der Waals surface area contributed by atoms with Gasteiger partial charge in [-0.2, -0.15) is 0 Å². The second-order valence-electron chi connectivity index (χ2n) is 3.46. The normalized spacial score (nSPS) is 30.9. The summed E-state index contributed by atoms with van der Waals surface area (Å²) in [7, 11) is -2.61. The molecule has 2 heterocycles. The molecule has 2 rings (SSSR count). The van der Waals surface area contributed by atoms with Crippen LogP contribution in [0, 0.1) is 5.41 Å². The Labute approximate surface area is 72.9 Å². The van der Waals surface area contributed by atoms with E-state index in [9.17, 15) is 8.42 Å². The van der Waals surface area contributed by atoms with Gasteiger partial charge in [0.25, 0.3) is 0 Å². The number of halogens is 1. The minimum atomic E-state index is -2.61. The SMILES string of the molecule is Cl.O=S1(=O)CC2(CCNC2)C1. The molecule has 0 aromatic heterocycles. The number of rotatable bonds is 0. The highest BCUT2D eigenvalue weighted by Crippen LogP contribution is 2.37. The second-order valence-corrected chi connectivity index (χ2v) is 5.52. The molecule has 5 heteroatoms. The Balaban J connectivity index is 0.000000605. The molecule has 2 aliphatic rings. The van der Waals surface area contributed by atoms with Crippen LogP contribution < -0.4 is 5.32 Å². The first kappa shape index (κ1) is 9.29. The van der Waals surface area contributed by atoms with Crippen LogP contribution in [0.2, 0.25) is 0 Å². The fraction of sp³-hybridized carbons (Fsp3) is 1.00. The van der Waals surface area contributed by atoms with Crippen LogP contribution in [0.15, 0.2) is 0 Å². The molecule has 66 valence electrons. The van der Waals surface area contributed by atoms with Gasteiger partial charge in [0.15, 0.2) is 9.84 Å².